The highest BCUT2D eigenvalue weighted by molar-refractivity contribution is 7.71. The lowest BCUT2D eigenvalue weighted by Gasteiger charge is -2.11. The molecule has 0 amide bonds. The molecule has 1 heterocycles. The highest BCUT2D eigenvalue weighted by atomic mass is 32.1. The Kier molecular flexibility index (Phi) is 2.69. The first-order chi connectivity index (χ1) is 7.24. The van der Waals surface area contributed by atoms with Crippen LogP contribution in [0.4, 0.5) is 0 Å². The molecule has 0 bridgehead atoms. The molecule has 1 aromatic heterocycles. The van der Waals surface area contributed by atoms with Crippen LogP contribution in [0.1, 0.15) is 5.56 Å². The molecule has 2 rings (SSSR count). The molecule has 0 radical (unpaired) electrons. The quantitative estimate of drug-likeness (QED) is 0.544. The second kappa shape index (κ2) is 3.99. The first kappa shape index (κ1) is 10.1. The van der Waals surface area contributed by atoms with Crippen LogP contribution in [0.15, 0.2) is 43.0 Å². The van der Waals surface area contributed by atoms with Crippen molar-refractivity contribution in [2.75, 3.05) is 0 Å². The largest absolute Gasteiger partial charge is 0.328 e. The van der Waals surface area contributed by atoms with Gasteiger partial charge in [-0.15, -0.1) is 6.58 Å². The minimum absolute atomic E-state index is 0.764. The average molecular weight is 215 g/mol. The smallest absolute Gasteiger partial charge is 0.106 e. The summed E-state index contributed by atoms with van der Waals surface area (Å²) in [7, 11) is 0. The number of hydrogen-bond donors (Lipinski definition) is 0. The molecule has 15 heavy (non-hydrogen) atoms. The number of hydrogen-bond acceptors (Lipinski definition) is 1. The molecule has 1 aromatic carbocycles. The zero-order chi connectivity index (χ0) is 10.8. The summed E-state index contributed by atoms with van der Waals surface area (Å²) in [6.07, 6.45) is 1.87. The van der Waals surface area contributed by atoms with E-state index in [2.05, 4.69) is 36.3 Å². The number of allylic oxidation sites excluding steroid dienone is 1. The van der Waals surface area contributed by atoms with Gasteiger partial charge in [0.1, 0.15) is 4.64 Å². The Bertz CT molecular complexity index is 566. The molecule has 0 saturated heterocycles. The first-order valence-electron chi connectivity index (χ1n) is 4.94. The van der Waals surface area contributed by atoms with Crippen molar-refractivity contribution >= 4 is 23.1 Å². The Morgan fingerprint density at radius 3 is 2.87 bits per heavy atom. The van der Waals surface area contributed by atoms with E-state index in [0.717, 1.165) is 11.2 Å². The third-order valence-corrected chi connectivity index (χ3v) is 2.88. The van der Waals surface area contributed by atoms with Gasteiger partial charge >= 0.3 is 0 Å². The first-order valence-corrected chi connectivity index (χ1v) is 5.35. The van der Waals surface area contributed by atoms with Crippen LogP contribution >= 0.6 is 12.2 Å². The van der Waals surface area contributed by atoms with Gasteiger partial charge in [-0.05, 0) is 24.6 Å². The Hall–Kier alpha value is -1.41. The van der Waals surface area contributed by atoms with Gasteiger partial charge in [-0.2, -0.15) is 0 Å². The van der Waals surface area contributed by atoms with Crippen LogP contribution in [0.2, 0.25) is 0 Å². The number of aromatic nitrogens is 1. The zero-order valence-corrected chi connectivity index (χ0v) is 9.55. The lowest BCUT2D eigenvalue weighted by molar-refractivity contribution is 0.839. The van der Waals surface area contributed by atoms with E-state index >= 15 is 0 Å². The molecule has 2 heteroatoms. The van der Waals surface area contributed by atoms with E-state index in [1.807, 2.05) is 18.2 Å². The van der Waals surface area contributed by atoms with Crippen molar-refractivity contribution in [2.24, 2.45) is 0 Å². The van der Waals surface area contributed by atoms with Gasteiger partial charge in [-0.1, -0.05) is 36.5 Å². The minimum Gasteiger partial charge on any atom is -0.328 e. The number of nitrogens with zero attached hydrogens (tertiary/aromatic N) is 1. The predicted octanol–water partition coefficient (Wildman–Crippen LogP) is 3.87. The Morgan fingerprint density at radius 1 is 1.40 bits per heavy atom. The van der Waals surface area contributed by atoms with Crippen molar-refractivity contribution in [3.63, 3.8) is 0 Å². The summed E-state index contributed by atoms with van der Waals surface area (Å²) in [5, 5.41) is 1.26. The molecule has 0 atom stereocenters. The summed E-state index contributed by atoms with van der Waals surface area (Å²) in [5.41, 5.74) is 2.42. The minimum atomic E-state index is 0.764. The van der Waals surface area contributed by atoms with Crippen LogP contribution in [0, 0.1) is 11.6 Å². The van der Waals surface area contributed by atoms with Crippen molar-refractivity contribution < 1.29 is 0 Å². The second-order valence-corrected chi connectivity index (χ2v) is 4.00. The number of aryl methyl sites for hydroxylation is 1. The Balaban J connectivity index is 2.89. The van der Waals surface area contributed by atoms with Crippen molar-refractivity contribution in [3.05, 3.63) is 53.2 Å². The van der Waals surface area contributed by atoms with Crippen LogP contribution in [0.25, 0.3) is 10.9 Å². The standard InChI is InChI=1S/C13H13NS/c1-3-8-14-12-7-5-4-6-11(12)10(2)9-13(14)15/h3-7,9H,1,8H2,2H3. The van der Waals surface area contributed by atoms with E-state index in [0.29, 0.717) is 0 Å². The van der Waals surface area contributed by atoms with Gasteiger partial charge in [0.15, 0.2) is 0 Å². The highest BCUT2D eigenvalue weighted by Crippen LogP contribution is 2.19. The molecule has 0 unspecified atom stereocenters. The van der Waals surface area contributed by atoms with Crippen LogP contribution in [-0.2, 0) is 6.54 Å². The third kappa shape index (κ3) is 1.73. The molecule has 76 valence electrons. The highest BCUT2D eigenvalue weighted by Gasteiger charge is 2.01. The Morgan fingerprint density at radius 2 is 2.13 bits per heavy atom. The van der Waals surface area contributed by atoms with E-state index in [1.165, 1.54) is 16.5 Å². The van der Waals surface area contributed by atoms with E-state index in [-0.39, 0.29) is 0 Å². The molecule has 0 aliphatic rings. The maximum Gasteiger partial charge on any atom is 0.106 e. The van der Waals surface area contributed by atoms with Crippen LogP contribution in [0.3, 0.4) is 0 Å². The molecule has 0 N–H and O–H groups in total. The molecule has 1 nitrogen and oxygen atoms in total. The molecule has 0 saturated carbocycles. The molecule has 0 spiro atoms. The second-order valence-electron chi connectivity index (χ2n) is 3.58. The van der Waals surface area contributed by atoms with Crippen molar-refractivity contribution in [1.29, 1.82) is 0 Å². The molecule has 0 fully saturated rings. The summed E-state index contributed by atoms with van der Waals surface area (Å²) in [4.78, 5) is 0. The summed E-state index contributed by atoms with van der Waals surface area (Å²) < 4.78 is 2.97. The summed E-state index contributed by atoms with van der Waals surface area (Å²) in [5.74, 6) is 0. The van der Waals surface area contributed by atoms with Crippen LogP contribution in [0.5, 0.6) is 0 Å². The maximum absolute atomic E-state index is 5.35. The van der Waals surface area contributed by atoms with E-state index < -0.39 is 0 Å². The lowest BCUT2D eigenvalue weighted by atomic mass is 10.1. The van der Waals surface area contributed by atoms with Gasteiger partial charge in [-0.25, -0.2) is 0 Å². The predicted molar refractivity (Wildman–Crippen MR) is 67.7 cm³/mol. The number of benzene rings is 1. The fraction of sp³-hybridized carbons (Fsp3) is 0.154. The fourth-order valence-corrected chi connectivity index (χ4v) is 2.17. The van der Waals surface area contributed by atoms with Crippen LogP contribution in [-0.4, -0.2) is 4.57 Å². The van der Waals surface area contributed by atoms with Gasteiger partial charge in [0, 0.05) is 17.4 Å². The molecule has 0 aliphatic carbocycles. The number of para-hydroxylation sites is 1. The van der Waals surface area contributed by atoms with Crippen molar-refractivity contribution in [1.82, 2.24) is 4.57 Å². The van der Waals surface area contributed by atoms with E-state index in [1.54, 1.807) is 0 Å². The number of fused-ring (bicyclic) bond motifs is 1. The van der Waals surface area contributed by atoms with E-state index in [4.69, 9.17) is 12.2 Å². The zero-order valence-electron chi connectivity index (χ0n) is 8.73. The van der Waals surface area contributed by atoms with Gasteiger partial charge in [0.2, 0.25) is 0 Å². The van der Waals surface area contributed by atoms with Crippen molar-refractivity contribution in [2.45, 2.75) is 13.5 Å². The average Bonchev–Trinajstić information content (AvgIpc) is 2.24. The lowest BCUT2D eigenvalue weighted by Crippen LogP contribution is -2.00. The molecular formula is C13H13NS. The maximum atomic E-state index is 5.35. The number of pyridine rings is 1. The molecule has 2 aromatic rings. The Labute approximate surface area is 94.7 Å². The summed E-state index contributed by atoms with van der Waals surface area (Å²) in [6, 6.07) is 10.4. The monoisotopic (exact) mass is 215 g/mol. The van der Waals surface area contributed by atoms with Gasteiger partial charge in [0.25, 0.3) is 0 Å². The van der Waals surface area contributed by atoms with Gasteiger partial charge in [-0.3, -0.25) is 0 Å². The summed E-state index contributed by atoms with van der Waals surface area (Å²) in [6.45, 7) is 6.62. The number of rotatable bonds is 2. The van der Waals surface area contributed by atoms with Gasteiger partial charge in [0.05, 0.1) is 0 Å². The SMILES string of the molecule is C=CCn1c(=S)cc(C)c2ccccc21. The van der Waals surface area contributed by atoms with Crippen LogP contribution < -0.4 is 0 Å². The normalized spacial score (nSPS) is 10.5. The fourth-order valence-electron chi connectivity index (χ4n) is 1.82. The summed E-state index contributed by atoms with van der Waals surface area (Å²) >= 11 is 5.35. The molecule has 0 aliphatic heterocycles. The van der Waals surface area contributed by atoms with Crippen molar-refractivity contribution in [3.8, 4) is 0 Å². The molecular weight excluding hydrogens is 202 g/mol. The topological polar surface area (TPSA) is 4.93 Å². The van der Waals surface area contributed by atoms with Gasteiger partial charge < -0.3 is 4.57 Å². The van der Waals surface area contributed by atoms with E-state index in [9.17, 15) is 0 Å². The third-order valence-electron chi connectivity index (χ3n) is 2.54.